The number of nitrogens with zero attached hydrogens (tertiary/aromatic N) is 2. The predicted molar refractivity (Wildman–Crippen MR) is 93.8 cm³/mol. The predicted octanol–water partition coefficient (Wildman–Crippen LogP) is 2.95. The van der Waals surface area contributed by atoms with Crippen LogP contribution in [0, 0.1) is 11.2 Å². The molecule has 0 amide bonds. The zero-order valence-corrected chi connectivity index (χ0v) is 14.7. The van der Waals surface area contributed by atoms with Gasteiger partial charge in [0.1, 0.15) is 5.82 Å². The minimum Gasteiger partial charge on any atom is -0.481 e. The van der Waals surface area contributed by atoms with E-state index in [0.717, 1.165) is 22.5 Å². The Kier molecular flexibility index (Phi) is 3.54. The number of hydrogen-bond donors (Lipinski definition) is 1. The van der Waals surface area contributed by atoms with E-state index in [2.05, 4.69) is 5.10 Å². The molecular formula is C20H19FN2O4. The van der Waals surface area contributed by atoms with Crippen molar-refractivity contribution in [2.24, 2.45) is 5.41 Å². The monoisotopic (exact) mass is 370 g/mol. The fourth-order valence-electron chi connectivity index (χ4n) is 4.60. The summed E-state index contributed by atoms with van der Waals surface area (Å²) in [5.41, 5.74) is 2.30. The average Bonchev–Trinajstić information content (AvgIpc) is 3.27. The Bertz CT molecular complexity index is 943. The van der Waals surface area contributed by atoms with Crippen molar-refractivity contribution in [3.8, 4) is 5.69 Å². The third-order valence-corrected chi connectivity index (χ3v) is 5.94. The molecule has 1 saturated heterocycles. The van der Waals surface area contributed by atoms with E-state index in [9.17, 15) is 14.3 Å². The molecule has 0 bridgehead atoms. The summed E-state index contributed by atoms with van der Waals surface area (Å²) in [5.74, 6) is -1.95. The molecule has 1 saturated carbocycles. The first-order chi connectivity index (χ1) is 13.0. The highest BCUT2D eigenvalue weighted by atomic mass is 19.1. The summed E-state index contributed by atoms with van der Waals surface area (Å²) >= 11 is 0. The van der Waals surface area contributed by atoms with Crippen molar-refractivity contribution in [1.82, 2.24) is 9.78 Å². The van der Waals surface area contributed by atoms with Gasteiger partial charge in [-0.05, 0) is 48.7 Å². The molecule has 140 valence electrons. The van der Waals surface area contributed by atoms with Crippen molar-refractivity contribution in [3.05, 3.63) is 53.1 Å². The van der Waals surface area contributed by atoms with Crippen LogP contribution in [0.1, 0.15) is 30.5 Å². The van der Waals surface area contributed by atoms with Gasteiger partial charge in [-0.1, -0.05) is 5.57 Å². The lowest BCUT2D eigenvalue weighted by Gasteiger charge is -2.45. The summed E-state index contributed by atoms with van der Waals surface area (Å²) in [5, 5.41) is 14.6. The molecule has 1 aromatic carbocycles. The van der Waals surface area contributed by atoms with Gasteiger partial charge in [0.2, 0.25) is 0 Å². The van der Waals surface area contributed by atoms with Crippen molar-refractivity contribution in [1.29, 1.82) is 0 Å². The molecule has 27 heavy (non-hydrogen) atoms. The summed E-state index contributed by atoms with van der Waals surface area (Å²) in [6, 6.07) is 6.10. The Balaban J connectivity index is 1.58. The van der Waals surface area contributed by atoms with Gasteiger partial charge in [0.25, 0.3) is 0 Å². The molecule has 0 radical (unpaired) electrons. The van der Waals surface area contributed by atoms with Crippen LogP contribution in [-0.2, 0) is 20.7 Å². The first-order valence-corrected chi connectivity index (χ1v) is 9.07. The number of fused-ring (bicyclic) bond motifs is 2. The lowest BCUT2D eigenvalue weighted by molar-refractivity contribution is -0.199. The number of halogens is 1. The minimum atomic E-state index is -1.04. The fourth-order valence-corrected chi connectivity index (χ4v) is 4.60. The highest BCUT2D eigenvalue weighted by Gasteiger charge is 2.56. The van der Waals surface area contributed by atoms with Crippen LogP contribution in [0.4, 0.5) is 4.39 Å². The van der Waals surface area contributed by atoms with Gasteiger partial charge in [0.05, 0.1) is 36.2 Å². The third kappa shape index (κ3) is 2.45. The van der Waals surface area contributed by atoms with E-state index >= 15 is 0 Å². The lowest BCUT2D eigenvalue weighted by atomic mass is 9.62. The SMILES string of the molecule is O=C(O)[C@]12Cc3cnn(-c4ccc(F)cc4)c3C=C1CCC1(C2)OCCO1. The molecule has 1 aromatic heterocycles. The van der Waals surface area contributed by atoms with Gasteiger partial charge >= 0.3 is 5.97 Å². The van der Waals surface area contributed by atoms with Crippen LogP contribution in [0.2, 0.25) is 0 Å². The summed E-state index contributed by atoms with van der Waals surface area (Å²) in [6.45, 7) is 1.00. The topological polar surface area (TPSA) is 73.6 Å². The van der Waals surface area contributed by atoms with Crippen molar-refractivity contribution in [2.75, 3.05) is 13.2 Å². The molecule has 1 spiro atoms. The van der Waals surface area contributed by atoms with E-state index in [1.54, 1.807) is 23.0 Å². The molecule has 1 aliphatic heterocycles. The van der Waals surface area contributed by atoms with E-state index in [1.807, 2.05) is 6.08 Å². The minimum absolute atomic E-state index is 0.308. The van der Waals surface area contributed by atoms with Crippen molar-refractivity contribution >= 4 is 12.0 Å². The van der Waals surface area contributed by atoms with Crippen molar-refractivity contribution in [2.45, 2.75) is 31.5 Å². The molecule has 2 aromatic rings. The van der Waals surface area contributed by atoms with Gasteiger partial charge in [-0.15, -0.1) is 0 Å². The number of aromatic nitrogens is 2. The van der Waals surface area contributed by atoms with Crippen LogP contribution < -0.4 is 0 Å². The second-order valence-corrected chi connectivity index (χ2v) is 7.46. The number of aliphatic carboxylic acids is 1. The molecule has 2 aliphatic carbocycles. The van der Waals surface area contributed by atoms with Crippen molar-refractivity contribution < 1.29 is 23.8 Å². The van der Waals surface area contributed by atoms with Gasteiger partial charge in [0.15, 0.2) is 5.79 Å². The molecule has 0 unspecified atom stereocenters. The number of ether oxygens (including phenoxy) is 2. The van der Waals surface area contributed by atoms with Crippen LogP contribution in [-0.4, -0.2) is 39.9 Å². The third-order valence-electron chi connectivity index (χ3n) is 5.94. The quantitative estimate of drug-likeness (QED) is 0.880. The molecule has 3 aliphatic rings. The number of rotatable bonds is 2. The number of carbonyl (C=O) groups is 1. The van der Waals surface area contributed by atoms with Gasteiger partial charge < -0.3 is 14.6 Å². The summed E-state index contributed by atoms with van der Waals surface area (Å²) < 4.78 is 26.6. The van der Waals surface area contributed by atoms with Gasteiger partial charge in [-0.25, -0.2) is 9.07 Å². The van der Waals surface area contributed by atoms with E-state index in [1.165, 1.54) is 12.1 Å². The molecule has 2 heterocycles. The molecule has 2 fully saturated rings. The van der Waals surface area contributed by atoms with Crippen molar-refractivity contribution in [3.63, 3.8) is 0 Å². The molecule has 1 N–H and O–H groups in total. The van der Waals surface area contributed by atoms with Crippen LogP contribution in [0.25, 0.3) is 11.8 Å². The zero-order valence-electron chi connectivity index (χ0n) is 14.7. The lowest BCUT2D eigenvalue weighted by Crippen LogP contribution is -2.49. The number of carboxylic acid groups (broad SMARTS) is 1. The first-order valence-electron chi connectivity index (χ1n) is 9.07. The Morgan fingerprint density at radius 1 is 1.22 bits per heavy atom. The highest BCUT2D eigenvalue weighted by Crippen LogP contribution is 2.53. The fraction of sp³-hybridized carbons (Fsp3) is 0.400. The van der Waals surface area contributed by atoms with E-state index in [0.29, 0.717) is 38.9 Å². The molecule has 7 heteroatoms. The largest absolute Gasteiger partial charge is 0.481 e. The van der Waals surface area contributed by atoms with Crippen LogP contribution in [0.5, 0.6) is 0 Å². The second kappa shape index (κ2) is 5.74. The highest BCUT2D eigenvalue weighted by molar-refractivity contribution is 5.84. The Morgan fingerprint density at radius 2 is 1.96 bits per heavy atom. The molecule has 5 rings (SSSR count). The zero-order chi connectivity index (χ0) is 18.6. The second-order valence-electron chi connectivity index (χ2n) is 7.46. The van der Waals surface area contributed by atoms with Gasteiger partial charge in [-0.2, -0.15) is 5.10 Å². The molecular weight excluding hydrogens is 351 g/mol. The standard InChI is InChI=1S/C20H19FN2O4/c21-15-1-3-16(4-2-15)23-17-9-14-5-6-20(26-7-8-27-20)12-19(14,18(24)25)10-13(17)11-22-23/h1-4,9,11H,5-8,10,12H2,(H,24,25)/t19-/m0/s1. The van der Waals surface area contributed by atoms with Gasteiger partial charge in [0, 0.05) is 12.8 Å². The van der Waals surface area contributed by atoms with E-state index in [4.69, 9.17) is 9.47 Å². The Labute approximate surface area is 155 Å². The molecule has 1 atom stereocenters. The maximum atomic E-state index is 13.2. The normalized spacial score (nSPS) is 25.7. The van der Waals surface area contributed by atoms with E-state index < -0.39 is 17.2 Å². The number of hydrogen-bond acceptors (Lipinski definition) is 4. The summed E-state index contributed by atoms with van der Waals surface area (Å²) in [4.78, 5) is 12.4. The van der Waals surface area contributed by atoms with E-state index in [-0.39, 0.29) is 5.82 Å². The van der Waals surface area contributed by atoms with Gasteiger partial charge in [-0.3, -0.25) is 4.79 Å². The maximum absolute atomic E-state index is 13.2. The Hall–Kier alpha value is -2.51. The Morgan fingerprint density at radius 3 is 2.67 bits per heavy atom. The number of benzene rings is 1. The summed E-state index contributed by atoms with van der Waals surface area (Å²) in [7, 11) is 0. The van der Waals surface area contributed by atoms with Crippen LogP contribution in [0.3, 0.4) is 0 Å². The summed E-state index contributed by atoms with van der Waals surface area (Å²) in [6.07, 6.45) is 5.54. The maximum Gasteiger partial charge on any atom is 0.314 e. The number of carboxylic acids is 1. The first kappa shape index (κ1) is 16.6. The molecule has 6 nitrogen and oxygen atoms in total. The smallest absolute Gasteiger partial charge is 0.314 e. The van der Waals surface area contributed by atoms with Crippen LogP contribution >= 0.6 is 0 Å². The van der Waals surface area contributed by atoms with Crippen LogP contribution in [0.15, 0.2) is 36.0 Å². The average molecular weight is 370 g/mol.